The second-order valence-electron chi connectivity index (χ2n) is 6.33. The maximum Gasteiger partial charge on any atom is 0.338 e. The molecule has 140 valence electrons. The molecule has 0 amide bonds. The first-order chi connectivity index (χ1) is 13.7. The van der Waals surface area contributed by atoms with Crippen molar-refractivity contribution in [2.45, 2.75) is 20.0 Å². The minimum atomic E-state index is -0.443. The summed E-state index contributed by atoms with van der Waals surface area (Å²) in [6.07, 6.45) is 0.909. The monoisotopic (exact) mass is 390 g/mol. The molecule has 0 saturated heterocycles. The van der Waals surface area contributed by atoms with Gasteiger partial charge in [-0.1, -0.05) is 49.4 Å². The molecule has 0 aliphatic rings. The van der Waals surface area contributed by atoms with Crippen molar-refractivity contribution in [1.82, 2.24) is 9.97 Å². The van der Waals surface area contributed by atoms with Crippen LogP contribution in [-0.4, -0.2) is 15.9 Å². The zero-order chi connectivity index (χ0) is 19.5. The maximum absolute atomic E-state index is 12.6. The summed E-state index contributed by atoms with van der Waals surface area (Å²) in [6, 6.07) is 17.0. The Morgan fingerprint density at radius 3 is 2.57 bits per heavy atom. The highest BCUT2D eigenvalue weighted by atomic mass is 32.1. The largest absolute Gasteiger partial charge is 0.454 e. The van der Waals surface area contributed by atoms with Crippen LogP contribution in [0.15, 0.2) is 64.8 Å². The number of fused-ring (bicyclic) bond motifs is 1. The highest BCUT2D eigenvalue weighted by Gasteiger charge is 2.14. The van der Waals surface area contributed by atoms with E-state index < -0.39 is 5.97 Å². The van der Waals surface area contributed by atoms with Gasteiger partial charge < -0.3 is 9.72 Å². The molecule has 2 aromatic carbocycles. The predicted molar refractivity (Wildman–Crippen MR) is 111 cm³/mol. The quantitative estimate of drug-likeness (QED) is 0.507. The summed E-state index contributed by atoms with van der Waals surface area (Å²) >= 11 is 1.40. The summed E-state index contributed by atoms with van der Waals surface area (Å²) in [6.45, 7) is 1.97. The molecule has 28 heavy (non-hydrogen) atoms. The third-order valence-corrected chi connectivity index (χ3v) is 5.39. The zero-order valence-corrected chi connectivity index (χ0v) is 16.1. The summed E-state index contributed by atoms with van der Waals surface area (Å²) in [5.74, 6) is -0.112. The minimum Gasteiger partial charge on any atom is -0.454 e. The van der Waals surface area contributed by atoms with Crippen LogP contribution >= 0.6 is 11.3 Å². The summed E-state index contributed by atoms with van der Waals surface area (Å²) in [7, 11) is 0. The van der Waals surface area contributed by atoms with Crippen LogP contribution in [0.5, 0.6) is 0 Å². The molecule has 0 atom stereocenters. The number of nitrogens with zero attached hydrogens (tertiary/aromatic N) is 1. The average molecular weight is 390 g/mol. The molecule has 0 saturated carbocycles. The van der Waals surface area contributed by atoms with E-state index in [0.29, 0.717) is 21.6 Å². The molecule has 4 aromatic rings. The van der Waals surface area contributed by atoms with Crippen molar-refractivity contribution < 1.29 is 9.53 Å². The van der Waals surface area contributed by atoms with Crippen LogP contribution in [0, 0.1) is 0 Å². The Morgan fingerprint density at radius 2 is 1.86 bits per heavy atom. The van der Waals surface area contributed by atoms with Gasteiger partial charge in [0.05, 0.1) is 10.9 Å². The number of nitrogens with one attached hydrogen (secondary N) is 1. The van der Waals surface area contributed by atoms with Crippen molar-refractivity contribution in [2.24, 2.45) is 0 Å². The van der Waals surface area contributed by atoms with Gasteiger partial charge in [0.15, 0.2) is 0 Å². The molecule has 5 nitrogen and oxygen atoms in total. The van der Waals surface area contributed by atoms with Gasteiger partial charge >= 0.3 is 5.97 Å². The lowest BCUT2D eigenvalue weighted by Crippen LogP contribution is -2.14. The fraction of sp³-hybridized carbons (Fsp3) is 0.136. The zero-order valence-electron chi connectivity index (χ0n) is 15.3. The fourth-order valence-electron chi connectivity index (χ4n) is 2.99. The number of carbonyl (C=O) groups is 1. The van der Waals surface area contributed by atoms with E-state index in [2.05, 4.69) is 16.9 Å². The van der Waals surface area contributed by atoms with Gasteiger partial charge in [-0.15, -0.1) is 11.3 Å². The molecule has 0 spiro atoms. The van der Waals surface area contributed by atoms with Gasteiger partial charge in [0, 0.05) is 10.9 Å². The lowest BCUT2D eigenvalue weighted by atomic mass is 10.1. The molecular weight excluding hydrogens is 372 g/mol. The van der Waals surface area contributed by atoms with E-state index in [-0.39, 0.29) is 12.2 Å². The van der Waals surface area contributed by atoms with Crippen molar-refractivity contribution in [2.75, 3.05) is 0 Å². The van der Waals surface area contributed by atoms with Gasteiger partial charge in [0.1, 0.15) is 17.3 Å². The minimum absolute atomic E-state index is 0.0852. The topological polar surface area (TPSA) is 72.0 Å². The van der Waals surface area contributed by atoms with E-state index >= 15 is 0 Å². The third-order valence-electron chi connectivity index (χ3n) is 4.52. The number of aromatic nitrogens is 2. The Morgan fingerprint density at radius 1 is 1.11 bits per heavy atom. The molecule has 4 rings (SSSR count). The number of hydrogen-bond donors (Lipinski definition) is 1. The first kappa shape index (κ1) is 18.1. The Kier molecular flexibility index (Phi) is 5.04. The summed E-state index contributed by atoms with van der Waals surface area (Å²) in [5, 5.41) is 2.48. The summed E-state index contributed by atoms with van der Waals surface area (Å²) in [4.78, 5) is 32.6. The Hall–Kier alpha value is -3.25. The van der Waals surface area contributed by atoms with Crippen LogP contribution in [0.4, 0.5) is 0 Å². The number of carbonyl (C=O) groups excluding carboxylic acids is 1. The summed E-state index contributed by atoms with van der Waals surface area (Å²) < 4.78 is 5.32. The van der Waals surface area contributed by atoms with Gasteiger partial charge in [0.2, 0.25) is 0 Å². The smallest absolute Gasteiger partial charge is 0.338 e. The molecule has 0 aliphatic heterocycles. The van der Waals surface area contributed by atoms with Crippen LogP contribution in [0.25, 0.3) is 21.3 Å². The van der Waals surface area contributed by atoms with E-state index in [4.69, 9.17) is 4.74 Å². The second kappa shape index (κ2) is 7.78. The Bertz CT molecular complexity index is 1180. The van der Waals surface area contributed by atoms with Crippen molar-refractivity contribution in [3.05, 3.63) is 87.3 Å². The van der Waals surface area contributed by atoms with Crippen molar-refractivity contribution in [3.63, 3.8) is 0 Å². The molecule has 0 radical (unpaired) electrons. The number of esters is 1. The maximum atomic E-state index is 12.6. The van der Waals surface area contributed by atoms with Crippen molar-refractivity contribution >= 4 is 27.5 Å². The molecule has 1 N–H and O–H groups in total. The summed E-state index contributed by atoms with van der Waals surface area (Å²) in [5.41, 5.74) is 3.22. The van der Waals surface area contributed by atoms with Gasteiger partial charge in [-0.2, -0.15) is 0 Å². The molecule has 0 fully saturated rings. The third kappa shape index (κ3) is 3.59. The van der Waals surface area contributed by atoms with Crippen LogP contribution in [0.3, 0.4) is 0 Å². The van der Waals surface area contributed by atoms with Crippen molar-refractivity contribution in [3.8, 4) is 11.1 Å². The van der Waals surface area contributed by atoms with Gasteiger partial charge in [0.25, 0.3) is 5.56 Å². The van der Waals surface area contributed by atoms with Gasteiger partial charge in [-0.05, 0) is 29.7 Å². The average Bonchev–Trinajstić information content (AvgIpc) is 3.17. The number of aryl methyl sites for hydroxylation is 1. The molecule has 0 bridgehead atoms. The normalized spacial score (nSPS) is 10.9. The molecule has 6 heteroatoms. The number of hydrogen-bond acceptors (Lipinski definition) is 5. The number of rotatable bonds is 5. The first-order valence-electron chi connectivity index (χ1n) is 8.97. The standard InChI is InChI=1S/C22H18N2O3S/c1-2-14-8-10-16(11-9-14)22(26)27-12-18-23-20(25)19-17(13-28-21(19)24-18)15-6-4-3-5-7-15/h3-11,13H,2,12H2,1H3,(H,23,24,25). The Balaban J connectivity index is 1.55. The number of benzene rings is 2. The lowest BCUT2D eigenvalue weighted by Gasteiger charge is -2.06. The highest BCUT2D eigenvalue weighted by Crippen LogP contribution is 2.30. The number of H-pyrrole nitrogens is 1. The number of aromatic amines is 1. The van der Waals surface area contributed by atoms with E-state index in [9.17, 15) is 9.59 Å². The second-order valence-corrected chi connectivity index (χ2v) is 7.19. The molecule has 2 heterocycles. The first-order valence-corrected chi connectivity index (χ1v) is 9.85. The number of thiophene rings is 1. The number of ether oxygens (including phenoxy) is 1. The molecule has 2 aromatic heterocycles. The molecule has 0 aliphatic carbocycles. The highest BCUT2D eigenvalue weighted by molar-refractivity contribution is 7.17. The fourth-order valence-corrected chi connectivity index (χ4v) is 3.95. The van der Waals surface area contributed by atoms with Crippen LogP contribution in [0.1, 0.15) is 28.7 Å². The van der Waals surface area contributed by atoms with E-state index in [0.717, 1.165) is 23.1 Å². The predicted octanol–water partition coefficient (Wildman–Crippen LogP) is 4.57. The SMILES string of the molecule is CCc1ccc(C(=O)OCc2nc3scc(-c4ccccc4)c3c(=O)[nH]2)cc1. The van der Waals surface area contributed by atoms with Gasteiger partial charge in [-0.25, -0.2) is 9.78 Å². The van der Waals surface area contributed by atoms with E-state index in [1.54, 1.807) is 12.1 Å². The lowest BCUT2D eigenvalue weighted by molar-refractivity contribution is 0.0462. The van der Waals surface area contributed by atoms with Gasteiger partial charge in [-0.3, -0.25) is 4.79 Å². The van der Waals surface area contributed by atoms with E-state index in [1.807, 2.05) is 47.8 Å². The molecular formula is C22H18N2O3S. The Labute approximate surface area is 165 Å². The molecule has 0 unspecified atom stereocenters. The van der Waals surface area contributed by atoms with Crippen LogP contribution in [-0.2, 0) is 17.8 Å². The van der Waals surface area contributed by atoms with Crippen LogP contribution < -0.4 is 5.56 Å². The van der Waals surface area contributed by atoms with Crippen molar-refractivity contribution in [1.29, 1.82) is 0 Å². The van der Waals surface area contributed by atoms with Crippen LogP contribution in [0.2, 0.25) is 0 Å². The van der Waals surface area contributed by atoms with E-state index in [1.165, 1.54) is 11.3 Å².